The van der Waals surface area contributed by atoms with Gasteiger partial charge in [0.15, 0.2) is 0 Å². The van der Waals surface area contributed by atoms with Crippen LogP contribution in [0.25, 0.3) is 0 Å². The quantitative estimate of drug-likeness (QED) is 0.638. The molecule has 2 N–H and O–H groups in total. The Morgan fingerprint density at radius 1 is 1.33 bits per heavy atom. The molecule has 2 aliphatic carbocycles. The zero-order valence-corrected chi connectivity index (χ0v) is 8.34. The van der Waals surface area contributed by atoms with Crippen LogP contribution in [-0.4, -0.2) is 5.54 Å². The molecule has 0 bridgehead atoms. The molecule has 70 valence electrons. The Kier molecular flexibility index (Phi) is 1.95. The molecular weight excluding hydrogens is 146 g/mol. The average molecular weight is 167 g/mol. The number of hydrogen-bond donors (Lipinski definition) is 1. The molecule has 2 unspecified atom stereocenters. The second kappa shape index (κ2) is 2.73. The predicted octanol–water partition coefficient (Wildman–Crippen LogP) is 2.55. The van der Waals surface area contributed by atoms with E-state index in [1.54, 1.807) is 0 Å². The molecule has 0 spiro atoms. The molecule has 0 heterocycles. The van der Waals surface area contributed by atoms with E-state index in [0.29, 0.717) is 0 Å². The molecule has 0 saturated heterocycles. The maximum atomic E-state index is 6.42. The van der Waals surface area contributed by atoms with Gasteiger partial charge in [-0.05, 0) is 43.4 Å². The molecule has 1 nitrogen and oxygen atoms in total. The van der Waals surface area contributed by atoms with E-state index in [9.17, 15) is 0 Å². The van der Waals surface area contributed by atoms with Crippen LogP contribution >= 0.6 is 0 Å². The summed E-state index contributed by atoms with van der Waals surface area (Å²) in [5.74, 6) is 2.68. The van der Waals surface area contributed by atoms with Gasteiger partial charge in [0.2, 0.25) is 0 Å². The number of fused-ring (bicyclic) bond motifs is 1. The van der Waals surface area contributed by atoms with Crippen LogP contribution in [0.15, 0.2) is 0 Å². The fourth-order valence-electron chi connectivity index (χ4n) is 3.53. The highest BCUT2D eigenvalue weighted by atomic mass is 14.8. The zero-order valence-electron chi connectivity index (χ0n) is 8.34. The summed E-state index contributed by atoms with van der Waals surface area (Å²) in [5, 5.41) is 0. The van der Waals surface area contributed by atoms with Gasteiger partial charge in [0.05, 0.1) is 0 Å². The summed E-state index contributed by atoms with van der Waals surface area (Å²) in [4.78, 5) is 0. The van der Waals surface area contributed by atoms with E-state index in [4.69, 9.17) is 5.73 Å². The molecule has 1 heteroatoms. The van der Waals surface area contributed by atoms with Crippen molar-refractivity contribution < 1.29 is 0 Å². The third-order valence-corrected chi connectivity index (χ3v) is 4.09. The van der Waals surface area contributed by atoms with E-state index in [1.165, 1.54) is 32.1 Å². The Balaban J connectivity index is 2.07. The Hall–Kier alpha value is -0.0400. The summed E-state index contributed by atoms with van der Waals surface area (Å²) in [6, 6.07) is 0. The maximum absolute atomic E-state index is 6.42. The first-order chi connectivity index (χ1) is 5.64. The standard InChI is InChI=1S/C11H21N/c1-3-9-5-10-4-8(2)6-11(10,12)7-9/h8-10H,3-7,12H2,1-2H3/t8?,9?,10-,11-/m1/s1. The maximum Gasteiger partial charge on any atom is 0.0188 e. The second-order valence-electron chi connectivity index (χ2n) is 5.19. The number of nitrogens with two attached hydrogens (primary N) is 1. The van der Waals surface area contributed by atoms with E-state index in [-0.39, 0.29) is 5.54 Å². The summed E-state index contributed by atoms with van der Waals surface area (Å²) in [5.41, 5.74) is 6.67. The predicted molar refractivity (Wildman–Crippen MR) is 51.8 cm³/mol. The molecule has 12 heavy (non-hydrogen) atoms. The molecule has 2 rings (SSSR count). The Morgan fingerprint density at radius 2 is 2.08 bits per heavy atom. The SMILES string of the molecule is CCC1C[C@H]2CC(C)C[C@@]2(N)C1. The monoisotopic (exact) mass is 167 g/mol. The van der Waals surface area contributed by atoms with Crippen LogP contribution in [0.4, 0.5) is 0 Å². The summed E-state index contributed by atoms with van der Waals surface area (Å²) in [6.45, 7) is 4.66. The molecule has 0 radical (unpaired) electrons. The third-order valence-electron chi connectivity index (χ3n) is 4.09. The van der Waals surface area contributed by atoms with Crippen LogP contribution in [-0.2, 0) is 0 Å². The van der Waals surface area contributed by atoms with Crippen LogP contribution in [0.1, 0.15) is 46.0 Å². The van der Waals surface area contributed by atoms with Gasteiger partial charge in [-0.2, -0.15) is 0 Å². The fourth-order valence-corrected chi connectivity index (χ4v) is 3.53. The van der Waals surface area contributed by atoms with Crippen molar-refractivity contribution in [3.05, 3.63) is 0 Å². The van der Waals surface area contributed by atoms with Gasteiger partial charge in [0.1, 0.15) is 0 Å². The third kappa shape index (κ3) is 1.19. The van der Waals surface area contributed by atoms with Crippen molar-refractivity contribution in [1.29, 1.82) is 0 Å². The highest BCUT2D eigenvalue weighted by Gasteiger charge is 2.48. The van der Waals surface area contributed by atoms with Crippen molar-refractivity contribution in [3.63, 3.8) is 0 Å². The van der Waals surface area contributed by atoms with Crippen molar-refractivity contribution in [2.75, 3.05) is 0 Å². The number of hydrogen-bond acceptors (Lipinski definition) is 1. The van der Waals surface area contributed by atoms with Gasteiger partial charge in [-0.15, -0.1) is 0 Å². The van der Waals surface area contributed by atoms with Gasteiger partial charge in [-0.1, -0.05) is 20.3 Å². The van der Waals surface area contributed by atoms with Gasteiger partial charge in [0, 0.05) is 5.54 Å². The smallest absolute Gasteiger partial charge is 0.0188 e. The van der Waals surface area contributed by atoms with Crippen molar-refractivity contribution in [2.45, 2.75) is 51.5 Å². The van der Waals surface area contributed by atoms with Gasteiger partial charge in [-0.3, -0.25) is 0 Å². The Bertz CT molecular complexity index is 178. The van der Waals surface area contributed by atoms with E-state index in [2.05, 4.69) is 13.8 Å². The van der Waals surface area contributed by atoms with Crippen molar-refractivity contribution in [3.8, 4) is 0 Å². The van der Waals surface area contributed by atoms with Gasteiger partial charge < -0.3 is 5.73 Å². The lowest BCUT2D eigenvalue weighted by molar-refractivity contribution is 0.363. The van der Waals surface area contributed by atoms with Gasteiger partial charge in [-0.25, -0.2) is 0 Å². The lowest BCUT2D eigenvalue weighted by Crippen LogP contribution is -2.39. The first-order valence-electron chi connectivity index (χ1n) is 5.43. The molecule has 2 aliphatic rings. The molecule has 4 atom stereocenters. The number of rotatable bonds is 1. The van der Waals surface area contributed by atoms with Crippen LogP contribution in [0.3, 0.4) is 0 Å². The van der Waals surface area contributed by atoms with Crippen molar-refractivity contribution in [2.24, 2.45) is 23.5 Å². The molecule has 2 saturated carbocycles. The topological polar surface area (TPSA) is 26.0 Å². The van der Waals surface area contributed by atoms with Crippen molar-refractivity contribution >= 4 is 0 Å². The highest BCUT2D eigenvalue weighted by molar-refractivity contribution is 5.05. The van der Waals surface area contributed by atoms with E-state index >= 15 is 0 Å². The van der Waals surface area contributed by atoms with Crippen molar-refractivity contribution in [1.82, 2.24) is 0 Å². The molecule has 0 aromatic carbocycles. The van der Waals surface area contributed by atoms with E-state index < -0.39 is 0 Å². The van der Waals surface area contributed by atoms with E-state index in [1.807, 2.05) is 0 Å². The first kappa shape index (κ1) is 8.55. The largest absolute Gasteiger partial charge is 0.325 e. The minimum Gasteiger partial charge on any atom is -0.325 e. The first-order valence-corrected chi connectivity index (χ1v) is 5.43. The molecular formula is C11H21N. The molecule has 0 aromatic rings. The Morgan fingerprint density at radius 3 is 2.67 bits per heavy atom. The summed E-state index contributed by atoms with van der Waals surface area (Å²) in [7, 11) is 0. The molecule has 2 fully saturated rings. The normalized spacial score (nSPS) is 52.8. The van der Waals surface area contributed by atoms with Crippen LogP contribution in [0.5, 0.6) is 0 Å². The van der Waals surface area contributed by atoms with Crippen LogP contribution < -0.4 is 5.73 Å². The van der Waals surface area contributed by atoms with Crippen LogP contribution in [0.2, 0.25) is 0 Å². The minimum atomic E-state index is 0.250. The summed E-state index contributed by atoms with van der Waals surface area (Å²) in [6.07, 6.45) is 6.74. The second-order valence-corrected chi connectivity index (χ2v) is 5.19. The van der Waals surface area contributed by atoms with E-state index in [0.717, 1.165) is 17.8 Å². The summed E-state index contributed by atoms with van der Waals surface area (Å²) < 4.78 is 0. The molecule has 0 aromatic heterocycles. The van der Waals surface area contributed by atoms with Crippen LogP contribution in [0, 0.1) is 17.8 Å². The minimum absolute atomic E-state index is 0.250. The fraction of sp³-hybridized carbons (Fsp3) is 1.00. The van der Waals surface area contributed by atoms with Gasteiger partial charge in [0.25, 0.3) is 0 Å². The summed E-state index contributed by atoms with van der Waals surface area (Å²) >= 11 is 0. The molecule has 0 aliphatic heterocycles. The Labute approximate surface area is 75.7 Å². The average Bonchev–Trinajstić information content (AvgIpc) is 2.38. The lowest BCUT2D eigenvalue weighted by atomic mass is 9.91. The zero-order chi connectivity index (χ0) is 8.77. The van der Waals surface area contributed by atoms with Gasteiger partial charge >= 0.3 is 0 Å². The highest BCUT2D eigenvalue weighted by Crippen LogP contribution is 2.51. The lowest BCUT2D eigenvalue weighted by Gasteiger charge is -2.23. The molecule has 0 amide bonds.